The molecule has 0 spiro atoms. The maximum atomic E-state index is 12.8. The lowest BCUT2D eigenvalue weighted by Gasteiger charge is -2.43. The number of hydrogen-bond donors (Lipinski definition) is 1. The Balaban J connectivity index is 1.70. The van der Waals surface area contributed by atoms with Crippen molar-refractivity contribution in [2.24, 2.45) is 0 Å². The van der Waals surface area contributed by atoms with Crippen molar-refractivity contribution in [3.8, 4) is 0 Å². The molecule has 23 heavy (non-hydrogen) atoms. The molecule has 1 N–H and O–H groups in total. The Kier molecular flexibility index (Phi) is 5.05. The van der Waals surface area contributed by atoms with Crippen LogP contribution in [0.2, 0.25) is 0 Å². The topological polar surface area (TPSA) is 69.7 Å². The van der Waals surface area contributed by atoms with E-state index in [1.807, 2.05) is 0 Å². The zero-order chi connectivity index (χ0) is 16.4. The third kappa shape index (κ3) is 3.76. The molecule has 0 saturated carbocycles. The molecule has 0 unspecified atom stereocenters. The van der Waals surface area contributed by atoms with Gasteiger partial charge in [0.1, 0.15) is 4.21 Å². The van der Waals surface area contributed by atoms with Crippen molar-refractivity contribution in [1.29, 1.82) is 0 Å². The van der Waals surface area contributed by atoms with Crippen molar-refractivity contribution in [3.05, 3.63) is 17.0 Å². The minimum absolute atomic E-state index is 0.115. The first-order valence-electron chi connectivity index (χ1n) is 8.04. The smallest absolute Gasteiger partial charge is 0.252 e. The van der Waals surface area contributed by atoms with Crippen LogP contribution in [0.3, 0.4) is 0 Å². The third-order valence-corrected chi connectivity index (χ3v) is 7.96. The molecule has 128 valence electrons. The Bertz CT molecular complexity index is 671. The number of nitrogens with zero attached hydrogens (tertiary/aromatic N) is 2. The van der Waals surface area contributed by atoms with E-state index in [9.17, 15) is 13.2 Å². The summed E-state index contributed by atoms with van der Waals surface area (Å²) in [5, 5.41) is 2.70. The van der Waals surface area contributed by atoms with Gasteiger partial charge in [0.15, 0.2) is 0 Å². The van der Waals surface area contributed by atoms with Crippen molar-refractivity contribution >= 4 is 27.3 Å². The Morgan fingerprint density at radius 1 is 1.30 bits per heavy atom. The summed E-state index contributed by atoms with van der Waals surface area (Å²) in [6, 6.07) is 3.81. The van der Waals surface area contributed by atoms with Gasteiger partial charge < -0.3 is 5.32 Å². The average Bonchev–Trinajstić information content (AvgIpc) is 3.02. The van der Waals surface area contributed by atoms with Gasteiger partial charge in [-0.2, -0.15) is 4.31 Å². The third-order valence-electron chi connectivity index (χ3n) is 4.54. The lowest BCUT2D eigenvalue weighted by Crippen LogP contribution is -2.55. The maximum absolute atomic E-state index is 12.8. The Morgan fingerprint density at radius 3 is 2.91 bits per heavy atom. The average molecular weight is 358 g/mol. The summed E-state index contributed by atoms with van der Waals surface area (Å²) in [6.45, 7) is 4.92. The molecule has 1 aromatic rings. The molecule has 3 rings (SSSR count). The van der Waals surface area contributed by atoms with Crippen LogP contribution in [0.4, 0.5) is 0 Å². The lowest BCUT2D eigenvalue weighted by atomic mass is 10.0. The summed E-state index contributed by atoms with van der Waals surface area (Å²) in [5.41, 5.74) is 0. The Labute approximate surface area is 141 Å². The van der Waals surface area contributed by atoms with E-state index in [1.54, 1.807) is 16.4 Å². The van der Waals surface area contributed by atoms with Crippen LogP contribution in [0.15, 0.2) is 16.3 Å². The van der Waals surface area contributed by atoms with Crippen LogP contribution in [0.5, 0.6) is 0 Å². The van der Waals surface area contributed by atoms with Gasteiger partial charge in [0.05, 0.1) is 6.54 Å². The number of rotatable bonds is 4. The fourth-order valence-corrected chi connectivity index (χ4v) is 6.19. The summed E-state index contributed by atoms with van der Waals surface area (Å²) in [5.74, 6) is -0.115. The fourth-order valence-electron chi connectivity index (χ4n) is 3.28. The van der Waals surface area contributed by atoms with Crippen molar-refractivity contribution in [2.75, 3.05) is 26.2 Å². The molecular weight excluding hydrogens is 334 g/mol. The number of carbonyl (C=O) groups is 1. The molecule has 2 saturated heterocycles. The molecule has 8 heteroatoms. The van der Waals surface area contributed by atoms with Crippen LogP contribution in [-0.2, 0) is 21.4 Å². The maximum Gasteiger partial charge on any atom is 0.252 e. The van der Waals surface area contributed by atoms with Crippen LogP contribution in [-0.4, -0.2) is 55.8 Å². The standard InChI is InChI=1S/C15H23N3O3S2/c1-12(19)16-10-14-5-6-15(22-14)23(20,21)18-9-8-17-7-3-2-4-13(17)11-18/h5-6,13H,2-4,7-11H2,1H3,(H,16,19)/t13-/m1/s1. The van der Waals surface area contributed by atoms with Gasteiger partial charge in [-0.3, -0.25) is 9.69 Å². The number of carbonyl (C=O) groups excluding carboxylic acids is 1. The number of sulfonamides is 1. The fraction of sp³-hybridized carbons (Fsp3) is 0.667. The van der Waals surface area contributed by atoms with Crippen LogP contribution in [0.25, 0.3) is 0 Å². The minimum atomic E-state index is -3.42. The van der Waals surface area contributed by atoms with Gasteiger partial charge in [0.25, 0.3) is 10.0 Å². The molecule has 0 radical (unpaired) electrons. The molecule has 0 aliphatic carbocycles. The van der Waals surface area contributed by atoms with Gasteiger partial charge in [-0.25, -0.2) is 8.42 Å². The molecule has 0 bridgehead atoms. The molecule has 2 aliphatic rings. The van der Waals surface area contributed by atoms with E-state index >= 15 is 0 Å². The zero-order valence-corrected chi connectivity index (χ0v) is 15.0. The highest BCUT2D eigenvalue weighted by atomic mass is 32.2. The minimum Gasteiger partial charge on any atom is -0.351 e. The van der Waals surface area contributed by atoms with E-state index in [1.165, 1.54) is 31.1 Å². The van der Waals surface area contributed by atoms with E-state index in [2.05, 4.69) is 10.2 Å². The number of piperazine rings is 1. The zero-order valence-electron chi connectivity index (χ0n) is 13.3. The van der Waals surface area contributed by atoms with Crippen molar-refractivity contribution in [2.45, 2.75) is 43.0 Å². The second-order valence-corrected chi connectivity index (χ2v) is 9.51. The van der Waals surface area contributed by atoms with E-state index in [-0.39, 0.29) is 5.91 Å². The van der Waals surface area contributed by atoms with Crippen molar-refractivity contribution < 1.29 is 13.2 Å². The highest BCUT2D eigenvalue weighted by Crippen LogP contribution is 2.29. The highest BCUT2D eigenvalue weighted by molar-refractivity contribution is 7.91. The number of amides is 1. The summed E-state index contributed by atoms with van der Waals surface area (Å²) in [6.07, 6.45) is 3.50. The van der Waals surface area contributed by atoms with Gasteiger partial charge in [-0.05, 0) is 31.5 Å². The molecule has 1 amide bonds. The molecule has 2 fully saturated rings. The van der Waals surface area contributed by atoms with E-state index in [0.717, 1.165) is 24.4 Å². The normalized spacial score (nSPS) is 23.4. The SMILES string of the molecule is CC(=O)NCc1ccc(S(=O)(=O)N2CCN3CCCC[C@@H]3C2)s1. The van der Waals surface area contributed by atoms with Gasteiger partial charge in [0, 0.05) is 37.5 Å². The Morgan fingerprint density at radius 2 is 2.13 bits per heavy atom. The van der Waals surface area contributed by atoms with Gasteiger partial charge in [-0.1, -0.05) is 6.42 Å². The van der Waals surface area contributed by atoms with E-state index in [0.29, 0.717) is 29.9 Å². The summed E-state index contributed by atoms with van der Waals surface area (Å²) in [4.78, 5) is 14.2. The number of fused-ring (bicyclic) bond motifs is 1. The molecular formula is C15H23N3O3S2. The number of thiophene rings is 1. The van der Waals surface area contributed by atoms with Crippen LogP contribution >= 0.6 is 11.3 Å². The first kappa shape index (κ1) is 16.9. The number of nitrogens with one attached hydrogen (secondary N) is 1. The lowest BCUT2D eigenvalue weighted by molar-refractivity contribution is -0.119. The van der Waals surface area contributed by atoms with Gasteiger partial charge >= 0.3 is 0 Å². The quantitative estimate of drug-likeness (QED) is 0.880. The van der Waals surface area contributed by atoms with Crippen molar-refractivity contribution in [3.63, 3.8) is 0 Å². The number of hydrogen-bond acceptors (Lipinski definition) is 5. The Hall–Kier alpha value is -0.960. The van der Waals surface area contributed by atoms with E-state index < -0.39 is 10.0 Å². The number of piperidine rings is 1. The second kappa shape index (κ2) is 6.88. The largest absolute Gasteiger partial charge is 0.351 e. The van der Waals surface area contributed by atoms with Gasteiger partial charge in [-0.15, -0.1) is 11.3 Å². The van der Waals surface area contributed by atoms with Crippen LogP contribution < -0.4 is 5.32 Å². The van der Waals surface area contributed by atoms with Crippen molar-refractivity contribution in [1.82, 2.24) is 14.5 Å². The first-order valence-corrected chi connectivity index (χ1v) is 10.3. The van der Waals surface area contributed by atoms with Crippen LogP contribution in [0.1, 0.15) is 31.1 Å². The van der Waals surface area contributed by atoms with E-state index in [4.69, 9.17) is 0 Å². The summed E-state index contributed by atoms with van der Waals surface area (Å²) < 4.78 is 27.7. The monoisotopic (exact) mass is 357 g/mol. The first-order chi connectivity index (χ1) is 11.0. The molecule has 0 aromatic carbocycles. The molecule has 6 nitrogen and oxygen atoms in total. The summed E-state index contributed by atoms with van der Waals surface area (Å²) in [7, 11) is -3.42. The van der Waals surface area contributed by atoms with Gasteiger partial charge in [0.2, 0.25) is 5.91 Å². The molecule has 1 aromatic heterocycles. The predicted octanol–water partition coefficient (Wildman–Crippen LogP) is 1.24. The predicted molar refractivity (Wildman–Crippen MR) is 89.8 cm³/mol. The second-order valence-electron chi connectivity index (χ2n) is 6.18. The highest BCUT2D eigenvalue weighted by Gasteiger charge is 2.35. The molecule has 1 atom stereocenters. The molecule has 3 heterocycles. The summed E-state index contributed by atoms with van der Waals surface area (Å²) >= 11 is 1.25. The van der Waals surface area contributed by atoms with Crippen LogP contribution in [0, 0.1) is 0 Å². The molecule has 2 aliphatic heterocycles.